The van der Waals surface area contributed by atoms with E-state index in [9.17, 15) is 28.4 Å². The number of hydrogen-bond donors (Lipinski definition) is 3. The van der Waals surface area contributed by atoms with Crippen molar-refractivity contribution in [1.29, 1.82) is 0 Å². The smallest absolute Gasteiger partial charge is 0.298 e. The molecule has 9 nitrogen and oxygen atoms in total. The predicted molar refractivity (Wildman–Crippen MR) is 96.5 cm³/mol. The molecule has 10 heteroatoms. The minimum absolute atomic E-state index is 0.0915. The summed E-state index contributed by atoms with van der Waals surface area (Å²) >= 11 is 0. The molecule has 27 heavy (non-hydrogen) atoms. The fourth-order valence-electron chi connectivity index (χ4n) is 2.51. The third-order valence-corrected chi connectivity index (χ3v) is 4.66. The number of nitro groups is 1. The summed E-state index contributed by atoms with van der Waals surface area (Å²) in [6.07, 6.45) is 0. The topological polar surface area (TPSA) is 147 Å². The van der Waals surface area contributed by atoms with Crippen molar-refractivity contribution in [2.75, 3.05) is 5.32 Å². The van der Waals surface area contributed by atoms with Crippen molar-refractivity contribution in [1.82, 2.24) is 0 Å². The van der Waals surface area contributed by atoms with Gasteiger partial charge in [0, 0.05) is 23.4 Å². The SMILES string of the molecule is O=C(Nc1ccc2cc(S(=O)(=O)O)c(O)cc2c1)c1cccc([N+](=O)[O-])c1. The van der Waals surface area contributed by atoms with E-state index in [1.54, 1.807) is 0 Å². The predicted octanol–water partition coefficient (Wildman–Crippen LogP) is 2.95. The van der Waals surface area contributed by atoms with Gasteiger partial charge < -0.3 is 10.4 Å². The first kappa shape index (κ1) is 18.3. The molecule has 3 rings (SSSR count). The Hall–Kier alpha value is -3.50. The lowest BCUT2D eigenvalue weighted by Gasteiger charge is -2.08. The van der Waals surface area contributed by atoms with Gasteiger partial charge in [0.2, 0.25) is 0 Å². The highest BCUT2D eigenvalue weighted by molar-refractivity contribution is 7.86. The number of phenolic OH excluding ortho intramolecular Hbond substituents is 1. The molecule has 0 saturated carbocycles. The molecule has 0 spiro atoms. The quantitative estimate of drug-likeness (QED) is 0.354. The van der Waals surface area contributed by atoms with Crippen LogP contribution in [-0.2, 0) is 10.1 Å². The molecule has 3 N–H and O–H groups in total. The summed E-state index contributed by atoms with van der Waals surface area (Å²) in [6, 6.07) is 11.9. The Balaban J connectivity index is 1.93. The van der Waals surface area contributed by atoms with Gasteiger partial charge in [0.1, 0.15) is 10.6 Å². The number of non-ortho nitro benzene ring substituents is 1. The van der Waals surface area contributed by atoms with Gasteiger partial charge in [-0.1, -0.05) is 12.1 Å². The summed E-state index contributed by atoms with van der Waals surface area (Å²) in [5, 5.41) is 24.0. The molecule has 0 radical (unpaired) electrons. The first-order valence-corrected chi connectivity index (χ1v) is 8.89. The summed E-state index contributed by atoms with van der Waals surface area (Å²) in [5.41, 5.74) is 0.204. The van der Waals surface area contributed by atoms with Crippen LogP contribution in [0, 0.1) is 10.1 Å². The minimum Gasteiger partial charge on any atom is -0.506 e. The third-order valence-electron chi connectivity index (χ3n) is 3.77. The van der Waals surface area contributed by atoms with Crippen molar-refractivity contribution in [3.05, 3.63) is 70.3 Å². The van der Waals surface area contributed by atoms with Crippen LogP contribution in [0.1, 0.15) is 10.4 Å². The second kappa shape index (κ2) is 6.67. The Kier molecular flexibility index (Phi) is 4.52. The molecule has 0 atom stereocenters. The number of carbonyl (C=O) groups is 1. The minimum atomic E-state index is -4.58. The highest BCUT2D eigenvalue weighted by Crippen LogP contribution is 2.30. The van der Waals surface area contributed by atoms with Crippen molar-refractivity contribution in [3.8, 4) is 5.75 Å². The number of phenols is 1. The highest BCUT2D eigenvalue weighted by atomic mass is 32.2. The van der Waals surface area contributed by atoms with Crippen molar-refractivity contribution >= 4 is 38.2 Å². The number of nitrogens with zero attached hydrogens (tertiary/aromatic N) is 1. The molecule has 0 aliphatic rings. The van der Waals surface area contributed by atoms with Crippen molar-refractivity contribution in [3.63, 3.8) is 0 Å². The summed E-state index contributed by atoms with van der Waals surface area (Å²) < 4.78 is 31.6. The fourth-order valence-corrected chi connectivity index (χ4v) is 3.11. The lowest BCUT2D eigenvalue weighted by Crippen LogP contribution is -2.12. The number of nitro benzene ring substituents is 1. The lowest BCUT2D eigenvalue weighted by molar-refractivity contribution is -0.384. The Morgan fingerprint density at radius 2 is 1.78 bits per heavy atom. The summed E-state index contributed by atoms with van der Waals surface area (Å²) in [7, 11) is -4.58. The van der Waals surface area contributed by atoms with E-state index in [-0.39, 0.29) is 11.3 Å². The van der Waals surface area contributed by atoms with Crippen LogP contribution in [0.5, 0.6) is 5.75 Å². The normalized spacial score (nSPS) is 11.3. The van der Waals surface area contributed by atoms with E-state index in [4.69, 9.17) is 4.55 Å². The van der Waals surface area contributed by atoms with Crippen LogP contribution < -0.4 is 5.32 Å². The van der Waals surface area contributed by atoms with E-state index >= 15 is 0 Å². The van der Waals surface area contributed by atoms with Crippen LogP contribution in [0.15, 0.2) is 59.5 Å². The van der Waals surface area contributed by atoms with E-state index in [1.165, 1.54) is 36.4 Å². The van der Waals surface area contributed by atoms with E-state index < -0.39 is 31.6 Å². The van der Waals surface area contributed by atoms with Gasteiger partial charge in [-0.15, -0.1) is 0 Å². The first-order valence-electron chi connectivity index (χ1n) is 7.45. The first-order chi connectivity index (χ1) is 12.6. The molecule has 0 aromatic heterocycles. The number of hydrogen-bond acceptors (Lipinski definition) is 6. The molecule has 0 bridgehead atoms. The number of carbonyl (C=O) groups excluding carboxylic acids is 1. The number of amides is 1. The molecule has 3 aromatic carbocycles. The summed E-state index contributed by atoms with van der Waals surface area (Å²) in [4.78, 5) is 21.9. The van der Waals surface area contributed by atoms with Crippen LogP contribution in [0.2, 0.25) is 0 Å². The molecule has 0 saturated heterocycles. The maximum atomic E-state index is 12.3. The highest BCUT2D eigenvalue weighted by Gasteiger charge is 2.17. The van der Waals surface area contributed by atoms with Gasteiger partial charge in [-0.2, -0.15) is 8.42 Å². The van der Waals surface area contributed by atoms with Crippen molar-refractivity contribution in [2.24, 2.45) is 0 Å². The van der Waals surface area contributed by atoms with Gasteiger partial charge in [0.25, 0.3) is 21.7 Å². The molecule has 3 aromatic rings. The number of nitrogens with one attached hydrogen (secondary N) is 1. The van der Waals surface area contributed by atoms with E-state index in [2.05, 4.69) is 5.32 Å². The Labute approximate surface area is 152 Å². The van der Waals surface area contributed by atoms with Crippen LogP contribution in [0.25, 0.3) is 10.8 Å². The van der Waals surface area contributed by atoms with Crippen LogP contribution in [0.3, 0.4) is 0 Å². The van der Waals surface area contributed by atoms with Gasteiger partial charge >= 0.3 is 0 Å². The van der Waals surface area contributed by atoms with Gasteiger partial charge in [-0.3, -0.25) is 19.5 Å². The van der Waals surface area contributed by atoms with E-state index in [0.29, 0.717) is 16.5 Å². The zero-order chi connectivity index (χ0) is 19.8. The van der Waals surface area contributed by atoms with Crippen LogP contribution in [0.4, 0.5) is 11.4 Å². The van der Waals surface area contributed by atoms with Gasteiger partial charge in [-0.05, 0) is 41.1 Å². The molecule has 0 fully saturated rings. The Morgan fingerprint density at radius 1 is 1.04 bits per heavy atom. The van der Waals surface area contributed by atoms with Crippen LogP contribution >= 0.6 is 0 Å². The fraction of sp³-hybridized carbons (Fsp3) is 0. The average molecular weight is 388 g/mol. The molecule has 1 amide bonds. The molecule has 0 heterocycles. The molecule has 0 aliphatic heterocycles. The van der Waals surface area contributed by atoms with Crippen LogP contribution in [-0.4, -0.2) is 28.9 Å². The second-order valence-electron chi connectivity index (χ2n) is 5.62. The Morgan fingerprint density at radius 3 is 2.44 bits per heavy atom. The summed E-state index contributed by atoms with van der Waals surface area (Å²) in [6.45, 7) is 0. The van der Waals surface area contributed by atoms with E-state index in [1.807, 2.05) is 0 Å². The van der Waals surface area contributed by atoms with Gasteiger partial charge in [0.15, 0.2) is 0 Å². The largest absolute Gasteiger partial charge is 0.506 e. The maximum Gasteiger partial charge on any atom is 0.298 e. The number of rotatable bonds is 4. The number of fused-ring (bicyclic) bond motifs is 1. The molecule has 138 valence electrons. The van der Waals surface area contributed by atoms with Gasteiger partial charge in [-0.25, -0.2) is 0 Å². The molecule has 0 unspecified atom stereocenters. The van der Waals surface area contributed by atoms with Crippen molar-refractivity contribution < 1.29 is 27.8 Å². The molecule has 0 aliphatic carbocycles. The standard InChI is InChI=1S/C17H12N2O7S/c20-15-8-12-6-13(5-4-10(12)9-16(15)27(24,25)26)18-17(21)11-2-1-3-14(7-11)19(22)23/h1-9,20H,(H,18,21)(H,24,25,26). The second-order valence-corrected chi connectivity index (χ2v) is 7.01. The van der Waals surface area contributed by atoms with Crippen molar-refractivity contribution in [2.45, 2.75) is 4.90 Å². The third kappa shape index (κ3) is 3.86. The Bertz CT molecular complexity index is 1190. The zero-order valence-corrected chi connectivity index (χ0v) is 14.3. The number of aromatic hydroxyl groups is 1. The average Bonchev–Trinajstić information content (AvgIpc) is 2.60. The molecular weight excluding hydrogens is 376 g/mol. The number of anilines is 1. The lowest BCUT2D eigenvalue weighted by atomic mass is 10.1. The number of benzene rings is 3. The zero-order valence-electron chi connectivity index (χ0n) is 13.5. The molecular formula is C17H12N2O7S. The monoisotopic (exact) mass is 388 g/mol. The maximum absolute atomic E-state index is 12.3. The van der Waals surface area contributed by atoms with Gasteiger partial charge in [0.05, 0.1) is 4.92 Å². The summed E-state index contributed by atoms with van der Waals surface area (Å²) in [5.74, 6) is -1.20. The van der Waals surface area contributed by atoms with E-state index in [0.717, 1.165) is 18.2 Å².